The van der Waals surface area contributed by atoms with Gasteiger partial charge < -0.3 is 10.1 Å². The molecule has 0 saturated carbocycles. The van der Waals surface area contributed by atoms with Gasteiger partial charge in [0.05, 0.1) is 6.10 Å². The van der Waals surface area contributed by atoms with Crippen LogP contribution in [0.2, 0.25) is 0 Å². The summed E-state index contributed by atoms with van der Waals surface area (Å²) in [5.74, 6) is 0. The van der Waals surface area contributed by atoms with Gasteiger partial charge in [0.1, 0.15) is 0 Å². The van der Waals surface area contributed by atoms with Crippen molar-refractivity contribution < 1.29 is 5.11 Å². The van der Waals surface area contributed by atoms with Gasteiger partial charge in [-0.1, -0.05) is 0 Å². The number of likely N-dealkylation sites (tertiary alicyclic amines) is 1. The average Bonchev–Trinajstić information content (AvgIpc) is 2.72. The fraction of sp³-hybridized carbons (Fsp3) is 0.600. The second kappa shape index (κ2) is 3.52. The first-order valence-corrected chi connectivity index (χ1v) is 4.83. The molecule has 0 bridgehead atoms. The van der Waals surface area contributed by atoms with Crippen molar-refractivity contribution in [2.24, 2.45) is 0 Å². The van der Waals surface area contributed by atoms with Crippen molar-refractivity contribution in [1.29, 1.82) is 0 Å². The molecule has 1 aromatic heterocycles. The highest BCUT2D eigenvalue weighted by Crippen LogP contribution is 2.22. The third-order valence-corrected chi connectivity index (χ3v) is 2.81. The van der Waals surface area contributed by atoms with Gasteiger partial charge in [-0.05, 0) is 25.5 Å². The van der Waals surface area contributed by atoms with Crippen molar-refractivity contribution in [3.63, 3.8) is 0 Å². The number of aliphatic hydroxyl groups is 1. The molecule has 1 saturated heterocycles. The van der Waals surface area contributed by atoms with E-state index in [4.69, 9.17) is 0 Å². The highest BCUT2D eigenvalue weighted by molar-refractivity contribution is 5.08. The van der Waals surface area contributed by atoms with E-state index in [9.17, 15) is 5.11 Å². The molecule has 2 rings (SSSR count). The van der Waals surface area contributed by atoms with Crippen LogP contribution in [0.4, 0.5) is 0 Å². The summed E-state index contributed by atoms with van der Waals surface area (Å²) in [7, 11) is 0. The number of aromatic nitrogens is 1. The smallest absolute Gasteiger partial charge is 0.0679 e. The summed E-state index contributed by atoms with van der Waals surface area (Å²) in [4.78, 5) is 5.51. The maximum atomic E-state index is 9.39. The van der Waals surface area contributed by atoms with Gasteiger partial charge in [-0.25, -0.2) is 0 Å². The van der Waals surface area contributed by atoms with Gasteiger partial charge in [-0.15, -0.1) is 0 Å². The molecule has 2 N–H and O–H groups in total. The van der Waals surface area contributed by atoms with Crippen molar-refractivity contribution in [2.45, 2.75) is 25.5 Å². The number of H-pyrrole nitrogens is 1. The standard InChI is InChI=1S/C10H16N2O/c1-8(10-3-2-5-11-10)12-6-4-9(13)7-12/h2-3,5,8-9,11,13H,4,6-7H2,1H3/t8-,9+/m1/s1. The molecular formula is C10H16N2O. The molecule has 1 fully saturated rings. The van der Waals surface area contributed by atoms with Gasteiger partial charge in [0.15, 0.2) is 0 Å². The van der Waals surface area contributed by atoms with Crippen LogP contribution in [0.1, 0.15) is 25.1 Å². The first kappa shape index (κ1) is 8.78. The summed E-state index contributed by atoms with van der Waals surface area (Å²) in [6, 6.07) is 4.50. The highest BCUT2D eigenvalue weighted by Gasteiger charge is 2.25. The molecule has 1 aromatic rings. The van der Waals surface area contributed by atoms with Gasteiger partial charge in [0, 0.05) is 31.0 Å². The van der Waals surface area contributed by atoms with E-state index in [-0.39, 0.29) is 6.10 Å². The normalized spacial score (nSPS) is 26.5. The van der Waals surface area contributed by atoms with Crippen molar-refractivity contribution in [2.75, 3.05) is 13.1 Å². The Kier molecular flexibility index (Phi) is 2.38. The average molecular weight is 180 g/mol. The molecule has 72 valence electrons. The van der Waals surface area contributed by atoms with E-state index in [0.717, 1.165) is 19.5 Å². The molecule has 0 amide bonds. The Bertz CT molecular complexity index is 258. The minimum atomic E-state index is -0.127. The van der Waals surface area contributed by atoms with Crippen LogP contribution in [0.3, 0.4) is 0 Å². The summed E-state index contributed by atoms with van der Waals surface area (Å²) in [6.45, 7) is 3.98. The first-order valence-electron chi connectivity index (χ1n) is 4.83. The van der Waals surface area contributed by atoms with Gasteiger partial charge in [0.2, 0.25) is 0 Å². The number of hydrogen-bond donors (Lipinski definition) is 2. The zero-order valence-electron chi connectivity index (χ0n) is 7.90. The zero-order valence-corrected chi connectivity index (χ0v) is 7.90. The molecule has 1 aliphatic rings. The highest BCUT2D eigenvalue weighted by atomic mass is 16.3. The quantitative estimate of drug-likeness (QED) is 0.716. The third-order valence-electron chi connectivity index (χ3n) is 2.81. The molecule has 2 atom stereocenters. The maximum Gasteiger partial charge on any atom is 0.0679 e. The SMILES string of the molecule is C[C@H](c1ccc[nH]1)N1CC[C@H](O)C1. The summed E-state index contributed by atoms with van der Waals surface area (Å²) < 4.78 is 0. The van der Waals surface area contributed by atoms with Gasteiger partial charge >= 0.3 is 0 Å². The maximum absolute atomic E-state index is 9.39. The second-order valence-corrected chi connectivity index (χ2v) is 3.74. The van der Waals surface area contributed by atoms with Crippen molar-refractivity contribution in [3.8, 4) is 0 Å². The lowest BCUT2D eigenvalue weighted by atomic mass is 10.2. The fourth-order valence-corrected chi connectivity index (χ4v) is 1.92. The van der Waals surface area contributed by atoms with Gasteiger partial charge in [-0.2, -0.15) is 0 Å². The molecule has 0 spiro atoms. The van der Waals surface area contributed by atoms with Crippen LogP contribution in [0, 0.1) is 0 Å². The molecule has 13 heavy (non-hydrogen) atoms. The molecule has 0 aromatic carbocycles. The second-order valence-electron chi connectivity index (χ2n) is 3.74. The molecule has 0 aliphatic carbocycles. The van der Waals surface area contributed by atoms with Crippen LogP contribution >= 0.6 is 0 Å². The summed E-state index contributed by atoms with van der Waals surface area (Å²) in [5, 5.41) is 9.39. The number of hydrogen-bond acceptors (Lipinski definition) is 2. The minimum Gasteiger partial charge on any atom is -0.392 e. The van der Waals surface area contributed by atoms with Crippen LogP contribution in [0.15, 0.2) is 18.3 Å². The lowest BCUT2D eigenvalue weighted by Crippen LogP contribution is -2.25. The van der Waals surface area contributed by atoms with Crippen molar-refractivity contribution in [3.05, 3.63) is 24.0 Å². The predicted molar refractivity (Wildman–Crippen MR) is 51.4 cm³/mol. The number of aliphatic hydroxyl groups excluding tert-OH is 1. The molecule has 3 nitrogen and oxygen atoms in total. The number of nitrogens with zero attached hydrogens (tertiary/aromatic N) is 1. The van der Waals surface area contributed by atoms with Crippen molar-refractivity contribution in [1.82, 2.24) is 9.88 Å². The fourth-order valence-electron chi connectivity index (χ4n) is 1.92. The predicted octanol–water partition coefficient (Wildman–Crippen LogP) is 1.14. The van der Waals surface area contributed by atoms with E-state index < -0.39 is 0 Å². The number of aromatic amines is 1. The Morgan fingerprint density at radius 1 is 1.69 bits per heavy atom. The van der Waals surface area contributed by atoms with Crippen LogP contribution in [-0.2, 0) is 0 Å². The number of rotatable bonds is 2. The molecule has 1 aliphatic heterocycles. The zero-order chi connectivity index (χ0) is 9.26. The van der Waals surface area contributed by atoms with Gasteiger partial charge in [0.25, 0.3) is 0 Å². The Morgan fingerprint density at radius 2 is 2.54 bits per heavy atom. The van der Waals surface area contributed by atoms with Crippen molar-refractivity contribution >= 4 is 0 Å². The monoisotopic (exact) mass is 180 g/mol. The van der Waals surface area contributed by atoms with E-state index in [1.165, 1.54) is 5.69 Å². The summed E-state index contributed by atoms with van der Waals surface area (Å²) >= 11 is 0. The first-order chi connectivity index (χ1) is 6.27. The Morgan fingerprint density at radius 3 is 3.08 bits per heavy atom. The van der Waals surface area contributed by atoms with E-state index in [0.29, 0.717) is 6.04 Å². The molecule has 2 heterocycles. The summed E-state index contributed by atoms with van der Waals surface area (Å²) in [6.07, 6.45) is 2.72. The van der Waals surface area contributed by atoms with E-state index >= 15 is 0 Å². The van der Waals surface area contributed by atoms with Crippen LogP contribution in [-0.4, -0.2) is 34.2 Å². The van der Waals surface area contributed by atoms with E-state index in [1.807, 2.05) is 12.3 Å². The Balaban J connectivity index is 2.02. The Hall–Kier alpha value is -0.800. The number of nitrogens with one attached hydrogen (secondary N) is 1. The minimum absolute atomic E-state index is 0.127. The van der Waals surface area contributed by atoms with E-state index in [1.54, 1.807) is 0 Å². The molecular weight excluding hydrogens is 164 g/mol. The lowest BCUT2D eigenvalue weighted by molar-refractivity contribution is 0.162. The van der Waals surface area contributed by atoms with Gasteiger partial charge in [-0.3, -0.25) is 4.90 Å². The van der Waals surface area contributed by atoms with Crippen LogP contribution in [0.5, 0.6) is 0 Å². The number of β-amino-alcohol motifs (C(OH)–C–C–N with tert-alkyl or cyclic N) is 1. The molecule has 0 unspecified atom stereocenters. The molecule has 3 heteroatoms. The van der Waals surface area contributed by atoms with E-state index in [2.05, 4.69) is 22.9 Å². The molecule has 0 radical (unpaired) electrons. The third kappa shape index (κ3) is 1.76. The largest absolute Gasteiger partial charge is 0.392 e. The lowest BCUT2D eigenvalue weighted by Gasteiger charge is -2.22. The van der Waals surface area contributed by atoms with Crippen LogP contribution < -0.4 is 0 Å². The summed E-state index contributed by atoms with van der Waals surface area (Å²) in [5.41, 5.74) is 1.23. The topological polar surface area (TPSA) is 39.3 Å². The Labute approximate surface area is 78.4 Å². The van der Waals surface area contributed by atoms with Crippen LogP contribution in [0.25, 0.3) is 0 Å².